The first-order chi connectivity index (χ1) is 10.2. The quantitative estimate of drug-likeness (QED) is 0.557. The van der Waals surface area contributed by atoms with Crippen LogP contribution in [0.3, 0.4) is 0 Å². The molecule has 0 aromatic carbocycles. The van der Waals surface area contributed by atoms with Crippen molar-refractivity contribution in [3.8, 4) is 0 Å². The molecule has 2 bridgehead atoms. The summed E-state index contributed by atoms with van der Waals surface area (Å²) >= 11 is 0. The second kappa shape index (κ2) is 4.76. The van der Waals surface area contributed by atoms with Crippen LogP contribution in [0, 0.1) is 5.92 Å². The zero-order chi connectivity index (χ0) is 14.6. The van der Waals surface area contributed by atoms with Gasteiger partial charge in [-0.1, -0.05) is 0 Å². The Morgan fingerprint density at radius 2 is 2.24 bits per heavy atom. The van der Waals surface area contributed by atoms with E-state index in [1.807, 2.05) is 0 Å². The van der Waals surface area contributed by atoms with Crippen LogP contribution in [-0.2, 0) is 23.8 Å². The van der Waals surface area contributed by atoms with E-state index >= 15 is 0 Å². The van der Waals surface area contributed by atoms with Gasteiger partial charge in [0, 0.05) is 32.0 Å². The zero-order valence-electron chi connectivity index (χ0n) is 12.2. The maximum atomic E-state index is 12.5. The fraction of sp³-hybridized carbons (Fsp3) is 0.867. The van der Waals surface area contributed by atoms with Crippen LogP contribution in [0.25, 0.3) is 0 Å². The standard InChI is InChI=1S/C15H21NO5/c1-19-8-20-14-11-3-2-4-16(11)9-5-12(17)10-6-13(18)21-15(10,14)7-9/h9-11,14H,2-8H2,1H3. The first kappa shape index (κ1) is 13.7. The summed E-state index contributed by atoms with van der Waals surface area (Å²) in [5, 5.41) is 0. The molecule has 5 atom stereocenters. The van der Waals surface area contributed by atoms with E-state index < -0.39 is 5.60 Å². The number of nitrogens with zero attached hydrogens (tertiary/aromatic N) is 1. The molecule has 4 aliphatic rings. The number of esters is 1. The molecule has 0 amide bonds. The Balaban J connectivity index is 1.74. The van der Waals surface area contributed by atoms with Gasteiger partial charge in [0.05, 0.1) is 12.3 Å². The van der Waals surface area contributed by atoms with E-state index in [1.165, 1.54) is 0 Å². The number of piperidine rings is 1. The molecule has 21 heavy (non-hydrogen) atoms. The molecule has 0 aromatic rings. The van der Waals surface area contributed by atoms with Gasteiger partial charge in [0.15, 0.2) is 5.60 Å². The van der Waals surface area contributed by atoms with Crippen molar-refractivity contribution in [1.29, 1.82) is 0 Å². The molecule has 3 aliphatic heterocycles. The molecule has 4 rings (SSSR count). The molecule has 1 spiro atoms. The Hall–Kier alpha value is -0.980. The zero-order valence-corrected chi connectivity index (χ0v) is 12.2. The lowest BCUT2D eigenvalue weighted by Gasteiger charge is -2.55. The fourth-order valence-corrected chi connectivity index (χ4v) is 4.97. The summed E-state index contributed by atoms with van der Waals surface area (Å²) in [6.45, 7) is 1.17. The predicted molar refractivity (Wildman–Crippen MR) is 71.4 cm³/mol. The summed E-state index contributed by atoms with van der Waals surface area (Å²) in [6.07, 6.45) is 3.38. The highest BCUT2D eigenvalue weighted by atomic mass is 16.7. The van der Waals surface area contributed by atoms with Crippen molar-refractivity contribution in [3.63, 3.8) is 0 Å². The number of ether oxygens (including phenoxy) is 3. The number of Topliss-reactive ketones (excluding diaryl/α,β-unsaturated/α-hetero) is 1. The molecule has 3 heterocycles. The maximum absolute atomic E-state index is 12.5. The Bertz CT molecular complexity index is 481. The third-order valence-corrected chi connectivity index (χ3v) is 5.65. The van der Waals surface area contributed by atoms with Gasteiger partial charge in [0.25, 0.3) is 0 Å². The number of ketones is 1. The van der Waals surface area contributed by atoms with Crippen LogP contribution in [0.4, 0.5) is 0 Å². The first-order valence-electron chi connectivity index (χ1n) is 7.76. The number of hydrogen-bond acceptors (Lipinski definition) is 6. The fourth-order valence-electron chi connectivity index (χ4n) is 4.97. The molecule has 6 heteroatoms. The van der Waals surface area contributed by atoms with Crippen LogP contribution in [0.1, 0.15) is 32.1 Å². The summed E-state index contributed by atoms with van der Waals surface area (Å²) in [5.74, 6) is -0.425. The van der Waals surface area contributed by atoms with Crippen molar-refractivity contribution >= 4 is 11.8 Å². The highest BCUT2D eigenvalue weighted by Gasteiger charge is 2.67. The molecule has 0 radical (unpaired) electrons. The SMILES string of the molecule is COCOC1C2CCCN2C2CC(=O)C3CC(=O)OC31C2. The molecular weight excluding hydrogens is 274 g/mol. The second-order valence-corrected chi connectivity index (χ2v) is 6.66. The molecular formula is C15H21NO5. The maximum Gasteiger partial charge on any atom is 0.307 e. The Morgan fingerprint density at radius 1 is 1.38 bits per heavy atom. The van der Waals surface area contributed by atoms with Crippen LogP contribution < -0.4 is 0 Å². The van der Waals surface area contributed by atoms with Crippen molar-refractivity contribution in [2.24, 2.45) is 5.92 Å². The first-order valence-corrected chi connectivity index (χ1v) is 7.76. The molecule has 1 saturated carbocycles. The van der Waals surface area contributed by atoms with E-state index in [9.17, 15) is 9.59 Å². The van der Waals surface area contributed by atoms with Gasteiger partial charge >= 0.3 is 5.97 Å². The predicted octanol–water partition coefficient (Wildman–Crippen LogP) is 0.487. The third-order valence-electron chi connectivity index (χ3n) is 5.65. The highest BCUT2D eigenvalue weighted by Crippen LogP contribution is 2.53. The van der Waals surface area contributed by atoms with Gasteiger partial charge in [-0.15, -0.1) is 0 Å². The van der Waals surface area contributed by atoms with Crippen molar-refractivity contribution in [2.75, 3.05) is 20.4 Å². The molecule has 6 nitrogen and oxygen atoms in total. The van der Waals surface area contributed by atoms with Crippen LogP contribution in [0.15, 0.2) is 0 Å². The van der Waals surface area contributed by atoms with Crippen LogP contribution in [-0.4, -0.2) is 60.9 Å². The number of hydrogen-bond donors (Lipinski definition) is 0. The summed E-state index contributed by atoms with van der Waals surface area (Å²) in [5.41, 5.74) is -0.749. The van der Waals surface area contributed by atoms with Gasteiger partial charge in [0.1, 0.15) is 18.7 Å². The highest BCUT2D eigenvalue weighted by molar-refractivity contribution is 5.91. The summed E-state index contributed by atoms with van der Waals surface area (Å²) in [4.78, 5) is 26.8. The molecule has 3 saturated heterocycles. The van der Waals surface area contributed by atoms with E-state index in [-0.39, 0.29) is 49.1 Å². The summed E-state index contributed by atoms with van der Waals surface area (Å²) in [7, 11) is 1.58. The molecule has 1 aliphatic carbocycles. The average molecular weight is 295 g/mol. The minimum absolute atomic E-state index is 0.161. The van der Waals surface area contributed by atoms with Gasteiger partial charge in [-0.3, -0.25) is 14.5 Å². The van der Waals surface area contributed by atoms with Crippen molar-refractivity contribution < 1.29 is 23.8 Å². The minimum Gasteiger partial charge on any atom is -0.455 e. The molecule has 5 unspecified atom stereocenters. The lowest BCUT2D eigenvalue weighted by atomic mass is 9.65. The second-order valence-electron chi connectivity index (χ2n) is 6.66. The summed E-state index contributed by atoms with van der Waals surface area (Å²) in [6, 6.07) is 0.440. The Kier molecular flexibility index (Phi) is 3.10. The van der Waals surface area contributed by atoms with E-state index in [0.29, 0.717) is 6.42 Å². The van der Waals surface area contributed by atoms with Gasteiger partial charge < -0.3 is 14.2 Å². The van der Waals surface area contributed by atoms with E-state index in [4.69, 9.17) is 14.2 Å². The monoisotopic (exact) mass is 295 g/mol. The van der Waals surface area contributed by atoms with Crippen molar-refractivity contribution in [2.45, 2.75) is 55.9 Å². The smallest absolute Gasteiger partial charge is 0.307 e. The number of fused-ring (bicyclic) bond motifs is 3. The van der Waals surface area contributed by atoms with Gasteiger partial charge in [-0.2, -0.15) is 0 Å². The molecule has 0 N–H and O–H groups in total. The molecule has 116 valence electrons. The van der Waals surface area contributed by atoms with E-state index in [0.717, 1.165) is 25.8 Å². The third kappa shape index (κ3) is 1.82. The van der Waals surface area contributed by atoms with Gasteiger partial charge in [-0.25, -0.2) is 0 Å². The normalized spacial score (nSPS) is 45.4. The Labute approximate surface area is 123 Å². The van der Waals surface area contributed by atoms with E-state index in [1.54, 1.807) is 7.11 Å². The average Bonchev–Trinajstić information content (AvgIpc) is 3.04. The number of carbonyl (C=O) groups is 2. The number of methoxy groups -OCH3 is 1. The van der Waals surface area contributed by atoms with E-state index in [2.05, 4.69) is 4.90 Å². The van der Waals surface area contributed by atoms with Crippen LogP contribution in [0.5, 0.6) is 0 Å². The minimum atomic E-state index is -0.749. The lowest BCUT2D eigenvalue weighted by molar-refractivity contribution is -0.228. The lowest BCUT2D eigenvalue weighted by Crippen LogP contribution is -2.69. The number of rotatable bonds is 3. The topological polar surface area (TPSA) is 65.1 Å². The Morgan fingerprint density at radius 3 is 3.05 bits per heavy atom. The van der Waals surface area contributed by atoms with Crippen LogP contribution >= 0.6 is 0 Å². The molecule has 4 fully saturated rings. The molecule has 0 aromatic heterocycles. The van der Waals surface area contributed by atoms with Gasteiger partial charge in [0.2, 0.25) is 0 Å². The van der Waals surface area contributed by atoms with Crippen molar-refractivity contribution in [1.82, 2.24) is 4.90 Å². The van der Waals surface area contributed by atoms with Crippen molar-refractivity contribution in [3.05, 3.63) is 0 Å². The largest absolute Gasteiger partial charge is 0.455 e. The summed E-state index contributed by atoms with van der Waals surface area (Å²) < 4.78 is 16.7. The number of carbonyl (C=O) groups excluding carboxylic acids is 2. The van der Waals surface area contributed by atoms with Gasteiger partial charge in [-0.05, 0) is 19.4 Å². The van der Waals surface area contributed by atoms with Crippen LogP contribution in [0.2, 0.25) is 0 Å².